The summed E-state index contributed by atoms with van der Waals surface area (Å²) >= 11 is 0. The van der Waals surface area contributed by atoms with E-state index < -0.39 is 0 Å². The van der Waals surface area contributed by atoms with Crippen molar-refractivity contribution in [1.29, 1.82) is 0 Å². The molecule has 1 aromatic heterocycles. The first kappa shape index (κ1) is 12.9. The second-order valence-electron chi connectivity index (χ2n) is 5.23. The molecule has 0 unspecified atom stereocenters. The number of aromatic nitrogens is 3. The Kier molecular flexibility index (Phi) is 3.31. The summed E-state index contributed by atoms with van der Waals surface area (Å²) in [5, 5.41) is 8.39. The summed E-state index contributed by atoms with van der Waals surface area (Å²) in [5.41, 5.74) is 8.53. The monoisotopic (exact) mass is 274 g/mol. The summed E-state index contributed by atoms with van der Waals surface area (Å²) in [6.45, 7) is 5.73. The van der Waals surface area contributed by atoms with Gasteiger partial charge in [0, 0.05) is 18.7 Å². The van der Waals surface area contributed by atoms with Crippen LogP contribution in [0, 0.1) is 5.92 Å². The third kappa shape index (κ3) is 2.22. The minimum Gasteiger partial charge on any atom is -0.454 e. The van der Waals surface area contributed by atoms with Crippen LogP contribution in [-0.4, -0.2) is 21.8 Å². The Labute approximate surface area is 117 Å². The van der Waals surface area contributed by atoms with E-state index in [1.165, 1.54) is 0 Å². The topological polar surface area (TPSA) is 75.2 Å². The van der Waals surface area contributed by atoms with E-state index >= 15 is 0 Å². The van der Waals surface area contributed by atoms with E-state index in [0.717, 1.165) is 35.0 Å². The average Bonchev–Trinajstić information content (AvgIpc) is 3.03. The molecular formula is C14H18N4O2. The number of nitrogens with two attached hydrogens (primary N) is 1. The zero-order chi connectivity index (χ0) is 14.1. The number of ether oxygens (including phenoxy) is 2. The fraction of sp³-hybridized carbons (Fsp3) is 0.429. The van der Waals surface area contributed by atoms with E-state index in [9.17, 15) is 0 Å². The van der Waals surface area contributed by atoms with Crippen LogP contribution in [-0.2, 0) is 13.1 Å². The fourth-order valence-electron chi connectivity index (χ4n) is 2.32. The molecule has 0 saturated heterocycles. The predicted octanol–water partition coefficient (Wildman–Crippen LogP) is 1.79. The highest BCUT2D eigenvalue weighted by Gasteiger charge is 2.19. The van der Waals surface area contributed by atoms with Gasteiger partial charge >= 0.3 is 0 Å². The van der Waals surface area contributed by atoms with Crippen LogP contribution >= 0.6 is 0 Å². The molecule has 0 fully saturated rings. The van der Waals surface area contributed by atoms with Crippen molar-refractivity contribution in [1.82, 2.24) is 15.0 Å². The molecule has 3 rings (SSSR count). The molecule has 1 aliphatic heterocycles. The molecule has 1 aliphatic rings. The van der Waals surface area contributed by atoms with Crippen molar-refractivity contribution in [3.05, 3.63) is 23.9 Å². The molecule has 0 bridgehead atoms. The Bertz CT molecular complexity index is 622. The summed E-state index contributed by atoms with van der Waals surface area (Å²) < 4.78 is 12.7. The van der Waals surface area contributed by atoms with E-state index in [1.807, 2.05) is 22.9 Å². The van der Waals surface area contributed by atoms with Crippen LogP contribution < -0.4 is 15.2 Å². The second kappa shape index (κ2) is 5.13. The van der Waals surface area contributed by atoms with Gasteiger partial charge in [0.05, 0.1) is 5.69 Å². The van der Waals surface area contributed by atoms with E-state index in [-0.39, 0.29) is 6.79 Å². The van der Waals surface area contributed by atoms with Crippen molar-refractivity contribution in [3.8, 4) is 22.8 Å². The molecule has 2 heterocycles. The molecule has 0 spiro atoms. The highest BCUT2D eigenvalue weighted by Crippen LogP contribution is 2.36. The van der Waals surface area contributed by atoms with Crippen LogP contribution in [0.4, 0.5) is 0 Å². The van der Waals surface area contributed by atoms with Gasteiger partial charge in [-0.1, -0.05) is 19.1 Å². The Morgan fingerprint density at radius 3 is 2.85 bits per heavy atom. The molecule has 106 valence electrons. The van der Waals surface area contributed by atoms with Gasteiger partial charge in [0.25, 0.3) is 0 Å². The highest BCUT2D eigenvalue weighted by molar-refractivity contribution is 5.66. The smallest absolute Gasteiger partial charge is 0.231 e. The lowest BCUT2D eigenvalue weighted by atomic mass is 10.1. The maximum atomic E-state index is 5.77. The van der Waals surface area contributed by atoms with E-state index in [0.29, 0.717) is 12.5 Å². The molecule has 6 heteroatoms. The molecule has 20 heavy (non-hydrogen) atoms. The van der Waals surface area contributed by atoms with Gasteiger partial charge in [-0.3, -0.25) is 0 Å². The lowest BCUT2D eigenvalue weighted by Gasteiger charge is -2.10. The molecule has 1 aromatic carbocycles. The molecular weight excluding hydrogens is 256 g/mol. The third-order valence-corrected chi connectivity index (χ3v) is 3.18. The first-order chi connectivity index (χ1) is 9.69. The lowest BCUT2D eigenvalue weighted by molar-refractivity contribution is 0.174. The van der Waals surface area contributed by atoms with Gasteiger partial charge in [-0.15, -0.1) is 5.10 Å². The van der Waals surface area contributed by atoms with Crippen molar-refractivity contribution in [2.75, 3.05) is 6.79 Å². The fourth-order valence-corrected chi connectivity index (χ4v) is 2.32. The largest absolute Gasteiger partial charge is 0.454 e. The Balaban J connectivity index is 2.05. The van der Waals surface area contributed by atoms with Crippen molar-refractivity contribution in [2.24, 2.45) is 11.7 Å². The van der Waals surface area contributed by atoms with Crippen LogP contribution in [0.1, 0.15) is 19.5 Å². The van der Waals surface area contributed by atoms with E-state index in [1.54, 1.807) is 0 Å². The Hall–Kier alpha value is -2.08. The number of hydrogen-bond acceptors (Lipinski definition) is 5. The van der Waals surface area contributed by atoms with Crippen molar-refractivity contribution in [3.63, 3.8) is 0 Å². The molecule has 0 amide bonds. The van der Waals surface area contributed by atoms with Gasteiger partial charge < -0.3 is 15.2 Å². The zero-order valence-electron chi connectivity index (χ0n) is 11.7. The molecule has 0 saturated carbocycles. The molecule has 2 aromatic rings. The van der Waals surface area contributed by atoms with Crippen molar-refractivity contribution < 1.29 is 9.47 Å². The number of nitrogens with zero attached hydrogens (tertiary/aromatic N) is 3. The summed E-state index contributed by atoms with van der Waals surface area (Å²) in [6, 6.07) is 5.85. The first-order valence-corrected chi connectivity index (χ1v) is 6.71. The quantitative estimate of drug-likeness (QED) is 0.920. The summed E-state index contributed by atoms with van der Waals surface area (Å²) in [7, 11) is 0. The molecule has 6 nitrogen and oxygen atoms in total. The standard InChI is InChI=1S/C14H18N4O2/c1-9(2)7-18-14(11(6-15)16-17-18)10-3-4-12-13(5-10)20-8-19-12/h3-5,9H,6-8,15H2,1-2H3. The molecule has 0 atom stereocenters. The first-order valence-electron chi connectivity index (χ1n) is 6.71. The van der Waals surface area contributed by atoms with Gasteiger partial charge in [-0.25, -0.2) is 4.68 Å². The molecule has 0 radical (unpaired) electrons. The zero-order valence-corrected chi connectivity index (χ0v) is 11.7. The summed E-state index contributed by atoms with van der Waals surface area (Å²) in [5.74, 6) is 2.00. The van der Waals surface area contributed by atoms with Crippen LogP contribution in [0.3, 0.4) is 0 Å². The lowest BCUT2D eigenvalue weighted by Crippen LogP contribution is -2.08. The Morgan fingerprint density at radius 1 is 1.30 bits per heavy atom. The van der Waals surface area contributed by atoms with Crippen LogP contribution in [0.5, 0.6) is 11.5 Å². The third-order valence-electron chi connectivity index (χ3n) is 3.18. The highest BCUT2D eigenvalue weighted by atomic mass is 16.7. The maximum Gasteiger partial charge on any atom is 0.231 e. The van der Waals surface area contributed by atoms with Crippen molar-refractivity contribution in [2.45, 2.75) is 26.9 Å². The number of hydrogen-bond donors (Lipinski definition) is 1. The number of rotatable bonds is 4. The van der Waals surface area contributed by atoms with Crippen LogP contribution in [0.25, 0.3) is 11.3 Å². The second-order valence-corrected chi connectivity index (χ2v) is 5.23. The van der Waals surface area contributed by atoms with E-state index in [2.05, 4.69) is 24.2 Å². The predicted molar refractivity (Wildman–Crippen MR) is 74.3 cm³/mol. The van der Waals surface area contributed by atoms with Gasteiger partial charge in [-0.2, -0.15) is 0 Å². The van der Waals surface area contributed by atoms with Crippen LogP contribution in [0.2, 0.25) is 0 Å². The van der Waals surface area contributed by atoms with Crippen LogP contribution in [0.15, 0.2) is 18.2 Å². The maximum absolute atomic E-state index is 5.77. The van der Waals surface area contributed by atoms with Gasteiger partial charge in [0.15, 0.2) is 11.5 Å². The Morgan fingerprint density at radius 2 is 2.10 bits per heavy atom. The van der Waals surface area contributed by atoms with E-state index in [4.69, 9.17) is 15.2 Å². The van der Waals surface area contributed by atoms with Gasteiger partial charge in [-0.05, 0) is 24.1 Å². The number of fused-ring (bicyclic) bond motifs is 1. The summed E-state index contributed by atoms with van der Waals surface area (Å²) in [6.07, 6.45) is 0. The van der Waals surface area contributed by atoms with Crippen molar-refractivity contribution >= 4 is 0 Å². The minimum absolute atomic E-state index is 0.270. The minimum atomic E-state index is 0.270. The molecule has 2 N–H and O–H groups in total. The van der Waals surface area contributed by atoms with Gasteiger partial charge in [0.2, 0.25) is 6.79 Å². The normalized spacial score (nSPS) is 13.2. The average molecular weight is 274 g/mol. The molecule has 0 aliphatic carbocycles. The SMILES string of the molecule is CC(C)Cn1nnc(CN)c1-c1ccc2c(c1)OCO2. The summed E-state index contributed by atoms with van der Waals surface area (Å²) in [4.78, 5) is 0. The number of benzene rings is 1. The van der Waals surface area contributed by atoms with Gasteiger partial charge in [0.1, 0.15) is 5.69 Å².